The Labute approximate surface area is 210 Å². The molecule has 0 saturated heterocycles. The number of hydrogen-bond donors (Lipinski definition) is 0. The molecule has 0 bridgehead atoms. The van der Waals surface area contributed by atoms with Crippen LogP contribution in [0, 0.1) is 0 Å². The van der Waals surface area contributed by atoms with Crippen molar-refractivity contribution in [2.75, 3.05) is 31.8 Å². The maximum Gasteiger partial charge on any atom is 0.246 e. The fourth-order valence-corrected chi connectivity index (χ4v) is 5.38. The molecule has 2 aliphatic rings. The number of carbonyl (C=O) groups is 1. The molecule has 0 aromatic heterocycles. The Morgan fingerprint density at radius 2 is 1.64 bits per heavy atom. The molecule has 0 aliphatic carbocycles. The second-order valence-electron chi connectivity index (χ2n) is 9.12. The highest BCUT2D eigenvalue weighted by molar-refractivity contribution is 6.11. The fraction of sp³-hybridized carbons (Fsp3) is 0.194. The molecule has 1 unspecified atom stereocenters. The lowest BCUT2D eigenvalue weighted by atomic mass is 9.77. The standard InChI is InChI=1S/C31H27NO4/c1-34-17-18-35-24-15-16-27-29(19-24)36-21-31(27)26-13-7-8-14-28(26)32(30(31)33)20-23-11-5-6-12-25(23)22-9-3-2-4-10-22/h2-16,19H,17-18,20-21H2,1H3. The summed E-state index contributed by atoms with van der Waals surface area (Å²) in [5, 5.41) is 0. The number of fused-ring (bicyclic) bond motifs is 4. The largest absolute Gasteiger partial charge is 0.491 e. The maximum absolute atomic E-state index is 14.3. The van der Waals surface area contributed by atoms with Gasteiger partial charge in [-0.3, -0.25) is 4.79 Å². The van der Waals surface area contributed by atoms with Crippen molar-refractivity contribution in [3.8, 4) is 22.6 Å². The molecule has 0 N–H and O–H groups in total. The Hall–Kier alpha value is -4.09. The summed E-state index contributed by atoms with van der Waals surface area (Å²) in [6.07, 6.45) is 0. The van der Waals surface area contributed by atoms with E-state index >= 15 is 0 Å². The molecule has 1 amide bonds. The first-order valence-electron chi connectivity index (χ1n) is 12.2. The maximum atomic E-state index is 14.3. The molecular formula is C31H27NO4. The van der Waals surface area contributed by atoms with Crippen LogP contribution in [0.25, 0.3) is 11.1 Å². The van der Waals surface area contributed by atoms with E-state index in [-0.39, 0.29) is 12.5 Å². The van der Waals surface area contributed by atoms with E-state index in [0.29, 0.717) is 31.3 Å². The summed E-state index contributed by atoms with van der Waals surface area (Å²) in [6.45, 7) is 1.72. The lowest BCUT2D eigenvalue weighted by molar-refractivity contribution is -0.122. The summed E-state index contributed by atoms with van der Waals surface area (Å²) >= 11 is 0. The van der Waals surface area contributed by atoms with Gasteiger partial charge in [0.15, 0.2) is 0 Å². The number of anilines is 1. The van der Waals surface area contributed by atoms with Crippen molar-refractivity contribution in [3.63, 3.8) is 0 Å². The van der Waals surface area contributed by atoms with Gasteiger partial charge in [0.2, 0.25) is 5.91 Å². The zero-order valence-electron chi connectivity index (χ0n) is 20.1. The molecule has 0 saturated carbocycles. The van der Waals surface area contributed by atoms with Gasteiger partial charge in [0.1, 0.15) is 30.1 Å². The average Bonchev–Trinajstić information content (AvgIpc) is 3.42. The van der Waals surface area contributed by atoms with Gasteiger partial charge < -0.3 is 19.1 Å². The van der Waals surface area contributed by atoms with E-state index in [1.54, 1.807) is 7.11 Å². The molecule has 6 rings (SSSR count). The third kappa shape index (κ3) is 3.55. The van der Waals surface area contributed by atoms with Crippen LogP contribution in [0.4, 0.5) is 5.69 Å². The van der Waals surface area contributed by atoms with E-state index in [0.717, 1.165) is 33.5 Å². The molecule has 0 radical (unpaired) electrons. The van der Waals surface area contributed by atoms with Gasteiger partial charge in [-0.1, -0.05) is 78.9 Å². The van der Waals surface area contributed by atoms with Crippen LogP contribution >= 0.6 is 0 Å². The third-order valence-electron chi connectivity index (χ3n) is 7.11. The number of hydrogen-bond acceptors (Lipinski definition) is 4. The van der Waals surface area contributed by atoms with E-state index in [1.165, 1.54) is 0 Å². The lowest BCUT2D eigenvalue weighted by Gasteiger charge is -2.24. The number of benzene rings is 4. The van der Waals surface area contributed by atoms with Gasteiger partial charge in [-0.25, -0.2) is 0 Å². The molecule has 2 heterocycles. The minimum atomic E-state index is -0.862. The molecule has 5 nitrogen and oxygen atoms in total. The Morgan fingerprint density at radius 1 is 0.861 bits per heavy atom. The molecule has 4 aromatic rings. The first-order chi connectivity index (χ1) is 17.7. The highest BCUT2D eigenvalue weighted by Gasteiger charge is 2.56. The Bertz CT molecular complexity index is 1420. The summed E-state index contributed by atoms with van der Waals surface area (Å²) in [4.78, 5) is 16.2. The van der Waals surface area contributed by atoms with Gasteiger partial charge in [0.25, 0.3) is 0 Å². The van der Waals surface area contributed by atoms with Gasteiger partial charge in [0, 0.05) is 24.4 Å². The number of carbonyl (C=O) groups excluding carboxylic acids is 1. The monoisotopic (exact) mass is 477 g/mol. The molecular weight excluding hydrogens is 450 g/mol. The highest BCUT2D eigenvalue weighted by atomic mass is 16.5. The van der Waals surface area contributed by atoms with Crippen molar-refractivity contribution in [1.29, 1.82) is 0 Å². The molecule has 1 atom stereocenters. The van der Waals surface area contributed by atoms with E-state index < -0.39 is 5.41 Å². The van der Waals surface area contributed by atoms with Crippen LogP contribution in [0.1, 0.15) is 16.7 Å². The number of para-hydroxylation sites is 1. The SMILES string of the molecule is COCCOc1ccc2c(c1)OCC21C(=O)N(Cc2ccccc2-c2ccccc2)c2ccccc21. The van der Waals surface area contributed by atoms with Crippen LogP contribution in [-0.4, -0.2) is 32.8 Å². The van der Waals surface area contributed by atoms with E-state index in [9.17, 15) is 4.79 Å². The number of rotatable bonds is 7. The Balaban J connectivity index is 1.38. The van der Waals surface area contributed by atoms with Crippen LogP contribution in [0.2, 0.25) is 0 Å². The van der Waals surface area contributed by atoms with Crippen LogP contribution in [0.3, 0.4) is 0 Å². The minimum Gasteiger partial charge on any atom is -0.491 e. The van der Waals surface area contributed by atoms with Crippen LogP contribution in [-0.2, 0) is 21.5 Å². The predicted octanol–water partition coefficient (Wildman–Crippen LogP) is 5.60. The summed E-state index contributed by atoms with van der Waals surface area (Å²) < 4.78 is 17.0. The topological polar surface area (TPSA) is 48.0 Å². The molecule has 36 heavy (non-hydrogen) atoms. The quantitative estimate of drug-likeness (QED) is 0.325. The van der Waals surface area contributed by atoms with Crippen molar-refractivity contribution in [3.05, 3.63) is 114 Å². The van der Waals surface area contributed by atoms with E-state index in [4.69, 9.17) is 14.2 Å². The smallest absolute Gasteiger partial charge is 0.246 e. The molecule has 2 aliphatic heterocycles. The van der Waals surface area contributed by atoms with Crippen molar-refractivity contribution in [2.24, 2.45) is 0 Å². The Morgan fingerprint density at radius 3 is 2.50 bits per heavy atom. The Kier molecular flexibility index (Phi) is 5.70. The normalized spacial score (nSPS) is 17.7. The number of methoxy groups -OCH3 is 1. The third-order valence-corrected chi connectivity index (χ3v) is 7.11. The van der Waals surface area contributed by atoms with Gasteiger partial charge in [-0.2, -0.15) is 0 Å². The van der Waals surface area contributed by atoms with Crippen LogP contribution in [0.15, 0.2) is 97.1 Å². The summed E-state index contributed by atoms with van der Waals surface area (Å²) in [7, 11) is 1.64. The van der Waals surface area contributed by atoms with Crippen molar-refractivity contribution < 1.29 is 19.0 Å². The first-order valence-corrected chi connectivity index (χ1v) is 12.2. The van der Waals surface area contributed by atoms with Gasteiger partial charge in [0.05, 0.1) is 13.2 Å². The van der Waals surface area contributed by atoms with E-state index in [1.807, 2.05) is 71.6 Å². The van der Waals surface area contributed by atoms with Crippen molar-refractivity contribution in [2.45, 2.75) is 12.0 Å². The lowest BCUT2D eigenvalue weighted by Crippen LogP contribution is -2.42. The van der Waals surface area contributed by atoms with Crippen molar-refractivity contribution in [1.82, 2.24) is 0 Å². The fourth-order valence-electron chi connectivity index (χ4n) is 5.38. The van der Waals surface area contributed by atoms with E-state index in [2.05, 4.69) is 30.3 Å². The van der Waals surface area contributed by atoms with Crippen LogP contribution in [0.5, 0.6) is 11.5 Å². The molecule has 5 heteroatoms. The molecule has 4 aromatic carbocycles. The summed E-state index contributed by atoms with van der Waals surface area (Å²) in [6, 6.07) is 32.4. The van der Waals surface area contributed by atoms with Gasteiger partial charge >= 0.3 is 0 Å². The second kappa shape index (κ2) is 9.17. The number of ether oxygens (including phenoxy) is 3. The molecule has 1 spiro atoms. The number of amides is 1. The zero-order chi connectivity index (χ0) is 24.5. The average molecular weight is 478 g/mol. The van der Waals surface area contributed by atoms with Crippen LogP contribution < -0.4 is 14.4 Å². The second-order valence-corrected chi connectivity index (χ2v) is 9.12. The zero-order valence-corrected chi connectivity index (χ0v) is 20.1. The minimum absolute atomic E-state index is 0.0402. The van der Waals surface area contributed by atoms with Gasteiger partial charge in [-0.05, 0) is 34.4 Å². The van der Waals surface area contributed by atoms with Crippen molar-refractivity contribution >= 4 is 11.6 Å². The first kappa shape index (κ1) is 22.4. The number of nitrogens with zero attached hydrogens (tertiary/aromatic N) is 1. The highest BCUT2D eigenvalue weighted by Crippen LogP contribution is 2.53. The predicted molar refractivity (Wildman–Crippen MR) is 140 cm³/mol. The summed E-state index contributed by atoms with van der Waals surface area (Å²) in [5.41, 5.74) is 5.31. The molecule has 0 fully saturated rings. The van der Waals surface area contributed by atoms with Gasteiger partial charge in [-0.15, -0.1) is 0 Å². The molecule has 180 valence electrons. The summed E-state index contributed by atoms with van der Waals surface area (Å²) in [5.74, 6) is 1.44.